The maximum absolute atomic E-state index is 6.00. The molecule has 160 valence electrons. The molecule has 1 aliphatic heterocycles. The van der Waals surface area contributed by atoms with Gasteiger partial charge in [0.15, 0.2) is 0 Å². The molecule has 33 heavy (non-hydrogen) atoms. The highest BCUT2D eigenvalue weighted by atomic mass is 16.5. The molecule has 0 amide bonds. The quantitative estimate of drug-likeness (QED) is 0.282. The molecule has 0 radical (unpaired) electrons. The zero-order valence-electron chi connectivity index (χ0n) is 18.7. The number of aryl methyl sites for hydroxylation is 1. The summed E-state index contributed by atoms with van der Waals surface area (Å²) in [5, 5.41) is 2.55. The van der Waals surface area contributed by atoms with Crippen LogP contribution in [0.15, 0.2) is 109 Å². The summed E-state index contributed by atoms with van der Waals surface area (Å²) in [6.07, 6.45) is 7.47. The maximum Gasteiger partial charge on any atom is 0.123 e. The number of para-hydroxylation sites is 2. The van der Waals surface area contributed by atoms with Crippen LogP contribution in [0.25, 0.3) is 33.1 Å². The molecule has 0 saturated heterocycles. The van der Waals surface area contributed by atoms with Crippen LogP contribution in [0.5, 0.6) is 5.75 Å². The third-order valence-electron chi connectivity index (χ3n) is 6.41. The third kappa shape index (κ3) is 3.54. The molecule has 0 spiro atoms. The minimum atomic E-state index is 0.572. The minimum Gasteiger partial charge on any atom is -0.489 e. The van der Waals surface area contributed by atoms with Crippen LogP contribution in [0.2, 0.25) is 0 Å². The van der Waals surface area contributed by atoms with Gasteiger partial charge < -0.3 is 9.30 Å². The van der Waals surface area contributed by atoms with Crippen molar-refractivity contribution in [3.05, 3.63) is 126 Å². The lowest BCUT2D eigenvalue weighted by Crippen LogP contribution is -1.96. The van der Waals surface area contributed by atoms with Crippen molar-refractivity contribution in [2.75, 3.05) is 6.61 Å². The van der Waals surface area contributed by atoms with Crippen LogP contribution in [-0.4, -0.2) is 11.2 Å². The van der Waals surface area contributed by atoms with Crippen LogP contribution in [-0.2, 0) is 6.42 Å². The molecule has 2 nitrogen and oxygen atoms in total. The molecule has 5 aromatic rings. The number of allylic oxidation sites excluding steroid dienone is 3. The molecule has 2 heterocycles. The normalized spacial score (nSPS) is 16.2. The number of rotatable bonds is 2. The fourth-order valence-electron chi connectivity index (χ4n) is 4.83. The van der Waals surface area contributed by atoms with Gasteiger partial charge >= 0.3 is 0 Å². The average Bonchev–Trinajstić information content (AvgIpc) is 3.23. The second-order valence-electron chi connectivity index (χ2n) is 8.61. The van der Waals surface area contributed by atoms with Crippen molar-refractivity contribution in [3.63, 3.8) is 0 Å². The number of hydrogen-bond donors (Lipinski definition) is 0. The van der Waals surface area contributed by atoms with Crippen molar-refractivity contribution in [1.82, 2.24) is 4.57 Å². The lowest BCUT2D eigenvalue weighted by atomic mass is 9.99. The van der Waals surface area contributed by atoms with E-state index in [9.17, 15) is 0 Å². The maximum atomic E-state index is 6.00. The lowest BCUT2D eigenvalue weighted by Gasteiger charge is -2.09. The van der Waals surface area contributed by atoms with E-state index in [1.54, 1.807) is 0 Å². The third-order valence-corrected chi connectivity index (χ3v) is 6.41. The number of fused-ring (bicyclic) bond motifs is 4. The van der Waals surface area contributed by atoms with E-state index in [0.29, 0.717) is 6.61 Å². The summed E-state index contributed by atoms with van der Waals surface area (Å²) in [5.41, 5.74) is 8.59. The molecular formula is C31H25NO. The highest BCUT2D eigenvalue weighted by molar-refractivity contribution is 6.10. The van der Waals surface area contributed by atoms with Crippen molar-refractivity contribution < 1.29 is 4.74 Å². The van der Waals surface area contributed by atoms with Crippen LogP contribution in [0, 0.1) is 6.92 Å². The van der Waals surface area contributed by atoms with E-state index < -0.39 is 0 Å². The molecule has 2 heteroatoms. The van der Waals surface area contributed by atoms with Gasteiger partial charge in [0.25, 0.3) is 0 Å². The van der Waals surface area contributed by atoms with Gasteiger partial charge in [-0.1, -0.05) is 72.3 Å². The second kappa shape index (κ2) is 8.14. The Kier molecular flexibility index (Phi) is 4.84. The molecule has 1 aromatic heterocycles. The summed E-state index contributed by atoms with van der Waals surface area (Å²) in [4.78, 5) is 0. The Bertz CT molecular complexity index is 1540. The zero-order chi connectivity index (χ0) is 22.2. The van der Waals surface area contributed by atoms with Crippen LogP contribution in [0.4, 0.5) is 0 Å². The molecule has 4 aromatic carbocycles. The molecule has 0 atom stereocenters. The van der Waals surface area contributed by atoms with Crippen LogP contribution >= 0.6 is 0 Å². The summed E-state index contributed by atoms with van der Waals surface area (Å²) in [7, 11) is 0. The molecule has 0 saturated carbocycles. The first kappa shape index (κ1) is 19.6. The van der Waals surface area contributed by atoms with E-state index in [0.717, 1.165) is 12.2 Å². The van der Waals surface area contributed by atoms with Crippen molar-refractivity contribution >= 4 is 27.4 Å². The molecule has 0 unspecified atom stereocenters. The van der Waals surface area contributed by atoms with E-state index in [1.807, 2.05) is 0 Å². The van der Waals surface area contributed by atoms with Crippen molar-refractivity contribution in [2.24, 2.45) is 0 Å². The highest BCUT2D eigenvalue weighted by Crippen LogP contribution is 2.34. The number of benzene rings is 4. The molecule has 0 bridgehead atoms. The lowest BCUT2D eigenvalue weighted by molar-refractivity contribution is 0.360. The molecule has 0 N–H and O–H groups in total. The summed E-state index contributed by atoms with van der Waals surface area (Å²) in [6.45, 7) is 2.70. The van der Waals surface area contributed by atoms with Crippen molar-refractivity contribution in [1.29, 1.82) is 0 Å². The summed E-state index contributed by atoms with van der Waals surface area (Å²) in [6, 6.07) is 32.5. The fraction of sp³-hybridized carbons (Fsp3) is 0.0968. The molecular weight excluding hydrogens is 402 g/mol. The van der Waals surface area contributed by atoms with Gasteiger partial charge in [0.1, 0.15) is 12.4 Å². The van der Waals surface area contributed by atoms with E-state index in [1.165, 1.54) is 49.8 Å². The Morgan fingerprint density at radius 1 is 0.758 bits per heavy atom. The Labute approximate surface area is 194 Å². The minimum absolute atomic E-state index is 0.572. The highest BCUT2D eigenvalue weighted by Gasteiger charge is 2.13. The van der Waals surface area contributed by atoms with Crippen LogP contribution in [0.1, 0.15) is 16.7 Å². The van der Waals surface area contributed by atoms with Gasteiger partial charge in [0, 0.05) is 16.5 Å². The molecule has 1 aliphatic rings. The van der Waals surface area contributed by atoms with Gasteiger partial charge in [-0.2, -0.15) is 0 Å². The average molecular weight is 428 g/mol. The monoisotopic (exact) mass is 427 g/mol. The largest absolute Gasteiger partial charge is 0.489 e. The number of nitrogens with zero attached hydrogens (tertiary/aromatic N) is 1. The van der Waals surface area contributed by atoms with Crippen LogP contribution < -0.4 is 4.74 Å². The zero-order valence-corrected chi connectivity index (χ0v) is 18.7. The molecule has 6 rings (SSSR count). The van der Waals surface area contributed by atoms with Gasteiger partial charge in [-0.3, -0.25) is 0 Å². The second-order valence-corrected chi connectivity index (χ2v) is 8.61. The van der Waals surface area contributed by atoms with E-state index >= 15 is 0 Å². The standard InChI is InChI=1S/C31H25NO/c1-22-13-18-31-25(20-22)15-14-23(8-7-19-33-31)24-16-17-30-28(21-24)27-11-5-6-12-29(27)32(30)26-9-3-2-4-10-26/h2-14,16-18,20-21H,15,19H2,1H3/b8-7-,23-14+. The van der Waals surface area contributed by atoms with Crippen LogP contribution in [0.3, 0.4) is 0 Å². The van der Waals surface area contributed by atoms with E-state index in [-0.39, 0.29) is 0 Å². The van der Waals surface area contributed by atoms with Crippen molar-refractivity contribution in [2.45, 2.75) is 13.3 Å². The van der Waals surface area contributed by atoms with Gasteiger partial charge in [-0.25, -0.2) is 0 Å². The van der Waals surface area contributed by atoms with Gasteiger partial charge in [-0.05, 0) is 72.5 Å². The number of hydrogen-bond acceptors (Lipinski definition) is 1. The first-order valence-electron chi connectivity index (χ1n) is 11.5. The van der Waals surface area contributed by atoms with Gasteiger partial charge in [-0.15, -0.1) is 0 Å². The molecule has 0 aliphatic carbocycles. The Hall–Kier alpha value is -4.04. The Morgan fingerprint density at radius 2 is 1.58 bits per heavy atom. The molecule has 0 fully saturated rings. The predicted octanol–water partition coefficient (Wildman–Crippen LogP) is 7.67. The van der Waals surface area contributed by atoms with E-state index in [2.05, 4.69) is 121 Å². The summed E-state index contributed by atoms with van der Waals surface area (Å²) >= 11 is 0. The predicted molar refractivity (Wildman–Crippen MR) is 138 cm³/mol. The summed E-state index contributed by atoms with van der Waals surface area (Å²) in [5.74, 6) is 0.976. The first-order valence-corrected chi connectivity index (χ1v) is 11.5. The fourth-order valence-corrected chi connectivity index (χ4v) is 4.83. The number of aromatic nitrogens is 1. The Morgan fingerprint density at radius 3 is 2.48 bits per heavy atom. The van der Waals surface area contributed by atoms with E-state index in [4.69, 9.17) is 4.74 Å². The van der Waals surface area contributed by atoms with Gasteiger partial charge in [0.2, 0.25) is 0 Å². The number of ether oxygens (including phenoxy) is 1. The van der Waals surface area contributed by atoms with Gasteiger partial charge in [0.05, 0.1) is 11.0 Å². The summed E-state index contributed by atoms with van der Waals surface area (Å²) < 4.78 is 8.36. The Balaban J connectivity index is 1.51. The smallest absolute Gasteiger partial charge is 0.123 e. The topological polar surface area (TPSA) is 14.2 Å². The first-order chi connectivity index (χ1) is 16.3. The van der Waals surface area contributed by atoms with Crippen molar-refractivity contribution in [3.8, 4) is 11.4 Å². The SMILES string of the molecule is Cc1ccc2c(c1)C/C=C(c1ccc3c(c1)c1ccccc1n3-c1ccccc1)\C=C/CO2.